The predicted molar refractivity (Wildman–Crippen MR) is 72.5 cm³/mol. The molecule has 0 spiro atoms. The highest BCUT2D eigenvalue weighted by Gasteiger charge is 2.27. The first kappa shape index (κ1) is 13.5. The number of anilines is 1. The Morgan fingerprint density at radius 3 is 2.94 bits per heavy atom. The maximum Gasteiger partial charge on any atom is 0.221 e. The van der Waals surface area contributed by atoms with Crippen molar-refractivity contribution in [3.63, 3.8) is 0 Å². The Morgan fingerprint density at radius 2 is 2.33 bits per heavy atom. The third-order valence-electron chi connectivity index (χ3n) is 2.84. The molecule has 1 aromatic heterocycles. The molecule has 1 unspecified atom stereocenters. The van der Waals surface area contributed by atoms with E-state index in [1.165, 1.54) is 6.92 Å². The Kier molecular flexibility index (Phi) is 4.04. The molecular weight excluding hydrogens is 272 g/mol. The summed E-state index contributed by atoms with van der Waals surface area (Å²) in [7, 11) is -2.84. The molecule has 18 heavy (non-hydrogen) atoms. The fraction of sp³-hybridized carbons (Fsp3) is 0.545. The second kappa shape index (κ2) is 5.38. The van der Waals surface area contributed by atoms with E-state index in [0.29, 0.717) is 13.0 Å². The average Bonchev–Trinajstić information content (AvgIpc) is 2.81. The highest BCUT2D eigenvalue weighted by molar-refractivity contribution is 7.91. The summed E-state index contributed by atoms with van der Waals surface area (Å²) in [4.78, 5) is 12.0. The molecule has 100 valence electrons. The molecule has 1 aliphatic heterocycles. The van der Waals surface area contributed by atoms with Gasteiger partial charge in [0.25, 0.3) is 0 Å². The summed E-state index contributed by atoms with van der Waals surface area (Å²) in [6.45, 7) is 2.06. The normalized spacial score (nSPS) is 21.9. The van der Waals surface area contributed by atoms with Crippen LogP contribution < -0.4 is 10.6 Å². The quantitative estimate of drug-likeness (QED) is 0.866. The van der Waals surface area contributed by atoms with Gasteiger partial charge in [0.15, 0.2) is 9.84 Å². The molecular formula is C11H16N2O3S2. The number of amides is 1. The smallest absolute Gasteiger partial charge is 0.221 e. The van der Waals surface area contributed by atoms with E-state index in [1.807, 2.05) is 11.4 Å². The number of sulfone groups is 1. The summed E-state index contributed by atoms with van der Waals surface area (Å²) in [6, 6.07) is 1.89. The third kappa shape index (κ3) is 3.54. The molecule has 0 bridgehead atoms. The van der Waals surface area contributed by atoms with Gasteiger partial charge in [-0.2, -0.15) is 0 Å². The van der Waals surface area contributed by atoms with E-state index in [4.69, 9.17) is 0 Å². The van der Waals surface area contributed by atoms with Crippen LogP contribution in [0.4, 0.5) is 5.69 Å². The summed E-state index contributed by atoms with van der Waals surface area (Å²) in [5.74, 6) is 0.389. The van der Waals surface area contributed by atoms with Gasteiger partial charge in [-0.25, -0.2) is 8.42 Å². The van der Waals surface area contributed by atoms with Crippen molar-refractivity contribution in [2.45, 2.75) is 25.9 Å². The monoisotopic (exact) mass is 288 g/mol. The maximum atomic E-state index is 11.3. The minimum absolute atomic E-state index is 0.0299. The van der Waals surface area contributed by atoms with E-state index in [0.717, 1.165) is 10.6 Å². The zero-order valence-electron chi connectivity index (χ0n) is 10.1. The number of nitrogens with one attached hydrogen (secondary N) is 2. The van der Waals surface area contributed by atoms with Crippen LogP contribution in [0.25, 0.3) is 0 Å². The molecule has 0 aromatic carbocycles. The van der Waals surface area contributed by atoms with Gasteiger partial charge in [-0.3, -0.25) is 4.79 Å². The van der Waals surface area contributed by atoms with E-state index in [-0.39, 0.29) is 23.5 Å². The number of thiophene rings is 1. The molecule has 1 aliphatic rings. The van der Waals surface area contributed by atoms with E-state index in [2.05, 4.69) is 10.6 Å². The van der Waals surface area contributed by atoms with Crippen molar-refractivity contribution < 1.29 is 13.2 Å². The van der Waals surface area contributed by atoms with E-state index < -0.39 is 9.84 Å². The predicted octanol–water partition coefficient (Wildman–Crippen LogP) is 0.983. The number of carbonyl (C=O) groups excluding carboxylic acids is 1. The standard InChI is InChI=1S/C11H16N2O3S2/c1-8(14)13-10-2-4-17-11(10)6-12-9-3-5-18(15,16)7-9/h2,4,9,12H,3,5-7H2,1H3,(H,13,14). The average molecular weight is 288 g/mol. The number of hydrogen-bond acceptors (Lipinski definition) is 5. The molecule has 1 fully saturated rings. The van der Waals surface area contributed by atoms with E-state index >= 15 is 0 Å². The van der Waals surface area contributed by atoms with Gasteiger partial charge < -0.3 is 10.6 Å². The highest BCUT2D eigenvalue weighted by Crippen LogP contribution is 2.23. The fourth-order valence-corrected chi connectivity index (χ4v) is 4.46. The van der Waals surface area contributed by atoms with Crippen molar-refractivity contribution in [3.8, 4) is 0 Å². The number of hydrogen-bond donors (Lipinski definition) is 2. The lowest BCUT2D eigenvalue weighted by Gasteiger charge is -2.11. The van der Waals surface area contributed by atoms with Crippen molar-refractivity contribution in [1.29, 1.82) is 0 Å². The first-order valence-corrected chi connectivity index (χ1v) is 8.44. The van der Waals surface area contributed by atoms with Crippen LogP contribution in [0.3, 0.4) is 0 Å². The topological polar surface area (TPSA) is 75.3 Å². The van der Waals surface area contributed by atoms with Crippen LogP contribution in [0.15, 0.2) is 11.4 Å². The van der Waals surface area contributed by atoms with Gasteiger partial charge in [0, 0.05) is 24.4 Å². The minimum atomic E-state index is -2.84. The lowest BCUT2D eigenvalue weighted by Crippen LogP contribution is -2.29. The Hall–Kier alpha value is -0.920. The van der Waals surface area contributed by atoms with E-state index in [1.54, 1.807) is 11.3 Å². The molecule has 1 aromatic rings. The summed E-state index contributed by atoms with van der Waals surface area (Å²) < 4.78 is 22.6. The first-order chi connectivity index (χ1) is 8.46. The minimum Gasteiger partial charge on any atom is -0.325 e. The van der Waals surface area contributed by atoms with Crippen molar-refractivity contribution in [3.05, 3.63) is 16.3 Å². The number of carbonyl (C=O) groups is 1. The lowest BCUT2D eigenvalue weighted by molar-refractivity contribution is -0.114. The van der Waals surface area contributed by atoms with Gasteiger partial charge in [-0.15, -0.1) is 11.3 Å². The molecule has 1 amide bonds. The van der Waals surface area contributed by atoms with Gasteiger partial charge in [-0.05, 0) is 17.9 Å². The van der Waals surface area contributed by atoms with Crippen LogP contribution in [0.1, 0.15) is 18.2 Å². The van der Waals surface area contributed by atoms with Gasteiger partial charge in [0.05, 0.1) is 17.2 Å². The Balaban J connectivity index is 1.91. The zero-order valence-corrected chi connectivity index (χ0v) is 11.7. The SMILES string of the molecule is CC(=O)Nc1ccsc1CNC1CCS(=O)(=O)C1. The van der Waals surface area contributed by atoms with Crippen LogP contribution in [0.5, 0.6) is 0 Å². The third-order valence-corrected chi connectivity index (χ3v) is 5.53. The molecule has 2 rings (SSSR count). The first-order valence-electron chi connectivity index (χ1n) is 5.74. The van der Waals surface area contributed by atoms with Gasteiger partial charge in [-0.1, -0.05) is 0 Å². The zero-order chi connectivity index (χ0) is 13.2. The second-order valence-corrected chi connectivity index (χ2v) is 7.65. The van der Waals surface area contributed by atoms with Crippen molar-refractivity contribution >= 4 is 32.8 Å². The van der Waals surface area contributed by atoms with E-state index in [9.17, 15) is 13.2 Å². The van der Waals surface area contributed by atoms with Crippen LogP contribution in [-0.2, 0) is 21.2 Å². The maximum absolute atomic E-state index is 11.3. The molecule has 5 nitrogen and oxygen atoms in total. The Morgan fingerprint density at radius 1 is 1.56 bits per heavy atom. The second-order valence-electron chi connectivity index (χ2n) is 4.42. The molecule has 0 saturated carbocycles. The molecule has 7 heteroatoms. The van der Waals surface area contributed by atoms with Gasteiger partial charge in [0.1, 0.15) is 0 Å². The number of rotatable bonds is 4. The molecule has 2 N–H and O–H groups in total. The molecule has 0 aliphatic carbocycles. The van der Waals surface area contributed by atoms with Crippen LogP contribution in [-0.4, -0.2) is 31.9 Å². The van der Waals surface area contributed by atoms with Crippen molar-refractivity contribution in [2.75, 3.05) is 16.8 Å². The van der Waals surface area contributed by atoms with Gasteiger partial charge >= 0.3 is 0 Å². The van der Waals surface area contributed by atoms with Crippen molar-refractivity contribution in [1.82, 2.24) is 5.32 Å². The summed E-state index contributed by atoms with van der Waals surface area (Å²) in [6.07, 6.45) is 0.670. The summed E-state index contributed by atoms with van der Waals surface area (Å²) >= 11 is 1.55. The highest BCUT2D eigenvalue weighted by atomic mass is 32.2. The summed E-state index contributed by atoms with van der Waals surface area (Å²) in [5, 5.41) is 7.90. The largest absolute Gasteiger partial charge is 0.325 e. The van der Waals surface area contributed by atoms with Crippen LogP contribution >= 0.6 is 11.3 Å². The Bertz CT molecular complexity index is 536. The van der Waals surface area contributed by atoms with Crippen LogP contribution in [0, 0.1) is 0 Å². The van der Waals surface area contributed by atoms with Crippen LogP contribution in [0.2, 0.25) is 0 Å². The van der Waals surface area contributed by atoms with Crippen molar-refractivity contribution in [2.24, 2.45) is 0 Å². The fourth-order valence-electron chi connectivity index (χ4n) is 1.97. The Labute approximate surface area is 111 Å². The molecule has 1 atom stereocenters. The van der Waals surface area contributed by atoms with Gasteiger partial charge in [0.2, 0.25) is 5.91 Å². The molecule has 1 saturated heterocycles. The molecule has 2 heterocycles. The molecule has 0 radical (unpaired) electrons. The lowest BCUT2D eigenvalue weighted by atomic mass is 10.2. The summed E-state index contributed by atoms with van der Waals surface area (Å²) in [5.41, 5.74) is 0.806.